The second-order valence-electron chi connectivity index (χ2n) is 6.27. The molecule has 2 unspecified atom stereocenters. The first-order valence-electron chi connectivity index (χ1n) is 9.08. The predicted octanol–water partition coefficient (Wildman–Crippen LogP) is 4.06. The second-order valence-corrected chi connectivity index (χ2v) is 6.27. The van der Waals surface area contributed by atoms with E-state index in [9.17, 15) is 14.7 Å². The Labute approximate surface area is 140 Å². The van der Waals surface area contributed by atoms with Gasteiger partial charge in [-0.1, -0.05) is 58.8 Å². The van der Waals surface area contributed by atoms with E-state index in [4.69, 9.17) is 9.84 Å². The number of aliphatic hydroxyl groups is 1. The standard InChI is InChI=1S/C18H34O5/c1-3-5-7-8-10-12-16(14-17(20)21)23-18(22)13-15(19)11-9-6-4-2/h15-16,19H,3-14H2,1-2H3,(H,20,21). The Bertz CT molecular complexity index is 317. The summed E-state index contributed by atoms with van der Waals surface area (Å²) in [6.07, 6.45) is 8.03. The minimum atomic E-state index is -0.958. The zero-order chi connectivity index (χ0) is 17.5. The number of carboxylic acids is 1. The third-order valence-corrected chi connectivity index (χ3v) is 3.87. The van der Waals surface area contributed by atoms with Gasteiger partial charge in [0.05, 0.1) is 18.9 Å². The quantitative estimate of drug-likeness (QED) is 0.349. The maximum atomic E-state index is 11.8. The molecule has 2 N–H and O–H groups in total. The van der Waals surface area contributed by atoms with Gasteiger partial charge in [0.25, 0.3) is 0 Å². The molecule has 0 aliphatic rings. The number of esters is 1. The molecular formula is C18H34O5. The summed E-state index contributed by atoms with van der Waals surface area (Å²) < 4.78 is 5.27. The average molecular weight is 330 g/mol. The van der Waals surface area contributed by atoms with Crippen LogP contribution in [0, 0.1) is 0 Å². The van der Waals surface area contributed by atoms with Gasteiger partial charge in [-0.05, 0) is 19.3 Å². The number of aliphatic hydroxyl groups excluding tert-OH is 1. The third kappa shape index (κ3) is 14.2. The summed E-state index contributed by atoms with van der Waals surface area (Å²) in [7, 11) is 0. The zero-order valence-electron chi connectivity index (χ0n) is 14.8. The van der Waals surface area contributed by atoms with Crippen molar-refractivity contribution < 1.29 is 24.5 Å². The molecule has 0 aromatic heterocycles. The summed E-state index contributed by atoms with van der Waals surface area (Å²) in [6.45, 7) is 4.22. The molecule has 0 heterocycles. The van der Waals surface area contributed by atoms with Crippen LogP contribution >= 0.6 is 0 Å². The van der Waals surface area contributed by atoms with E-state index in [-0.39, 0.29) is 12.8 Å². The smallest absolute Gasteiger partial charge is 0.308 e. The van der Waals surface area contributed by atoms with Gasteiger partial charge < -0.3 is 14.9 Å². The number of carboxylic acid groups (broad SMARTS) is 1. The van der Waals surface area contributed by atoms with Gasteiger partial charge in [-0.25, -0.2) is 0 Å². The summed E-state index contributed by atoms with van der Waals surface area (Å²) in [5, 5.41) is 18.7. The molecule has 0 spiro atoms. The molecule has 0 rings (SSSR count). The lowest BCUT2D eigenvalue weighted by Gasteiger charge is -2.17. The molecule has 0 aromatic rings. The Hall–Kier alpha value is -1.10. The topological polar surface area (TPSA) is 83.8 Å². The SMILES string of the molecule is CCCCCCCC(CC(=O)O)OC(=O)CC(O)CCCCC. The first-order valence-corrected chi connectivity index (χ1v) is 9.08. The van der Waals surface area contributed by atoms with Crippen molar-refractivity contribution in [1.82, 2.24) is 0 Å². The van der Waals surface area contributed by atoms with E-state index in [1.165, 1.54) is 6.42 Å². The first-order chi connectivity index (χ1) is 11.0. The zero-order valence-corrected chi connectivity index (χ0v) is 14.8. The van der Waals surface area contributed by atoms with Crippen LogP contribution in [0.25, 0.3) is 0 Å². The third-order valence-electron chi connectivity index (χ3n) is 3.87. The molecule has 0 radical (unpaired) electrons. The highest BCUT2D eigenvalue weighted by molar-refractivity contribution is 5.71. The lowest BCUT2D eigenvalue weighted by atomic mass is 10.1. The van der Waals surface area contributed by atoms with Gasteiger partial charge >= 0.3 is 11.9 Å². The van der Waals surface area contributed by atoms with Crippen molar-refractivity contribution in [3.63, 3.8) is 0 Å². The van der Waals surface area contributed by atoms with Gasteiger partial charge in [0.15, 0.2) is 0 Å². The molecule has 0 saturated heterocycles. The van der Waals surface area contributed by atoms with E-state index in [1.807, 2.05) is 0 Å². The van der Waals surface area contributed by atoms with E-state index >= 15 is 0 Å². The summed E-state index contributed by atoms with van der Waals surface area (Å²) in [5.41, 5.74) is 0. The van der Waals surface area contributed by atoms with Gasteiger partial charge in [0, 0.05) is 0 Å². The normalized spacial score (nSPS) is 13.5. The number of ether oxygens (including phenoxy) is 1. The minimum Gasteiger partial charge on any atom is -0.481 e. The summed E-state index contributed by atoms with van der Waals surface area (Å²) in [5.74, 6) is -1.45. The van der Waals surface area contributed by atoms with Crippen LogP contribution in [0.15, 0.2) is 0 Å². The van der Waals surface area contributed by atoms with Crippen LogP contribution < -0.4 is 0 Å². The van der Waals surface area contributed by atoms with Crippen molar-refractivity contribution in [2.75, 3.05) is 0 Å². The number of hydrogen-bond acceptors (Lipinski definition) is 4. The fraction of sp³-hybridized carbons (Fsp3) is 0.889. The summed E-state index contributed by atoms with van der Waals surface area (Å²) in [4.78, 5) is 22.7. The van der Waals surface area contributed by atoms with Crippen molar-refractivity contribution >= 4 is 11.9 Å². The molecule has 5 heteroatoms. The van der Waals surface area contributed by atoms with Crippen LogP contribution in [0.4, 0.5) is 0 Å². The Balaban J connectivity index is 4.08. The van der Waals surface area contributed by atoms with Crippen molar-refractivity contribution in [3.05, 3.63) is 0 Å². The van der Waals surface area contributed by atoms with Crippen LogP contribution in [-0.2, 0) is 14.3 Å². The van der Waals surface area contributed by atoms with E-state index in [0.717, 1.165) is 44.9 Å². The van der Waals surface area contributed by atoms with Crippen molar-refractivity contribution in [2.24, 2.45) is 0 Å². The monoisotopic (exact) mass is 330 g/mol. The highest BCUT2D eigenvalue weighted by atomic mass is 16.5. The Kier molecular flexibility index (Phi) is 13.8. The molecule has 0 fully saturated rings. The van der Waals surface area contributed by atoms with Crippen LogP contribution in [0.2, 0.25) is 0 Å². The lowest BCUT2D eigenvalue weighted by Crippen LogP contribution is -2.24. The largest absolute Gasteiger partial charge is 0.481 e. The first kappa shape index (κ1) is 21.9. The maximum Gasteiger partial charge on any atom is 0.308 e. The van der Waals surface area contributed by atoms with Gasteiger partial charge in [-0.3, -0.25) is 9.59 Å². The molecule has 0 aromatic carbocycles. The van der Waals surface area contributed by atoms with E-state index in [0.29, 0.717) is 12.8 Å². The highest BCUT2D eigenvalue weighted by Gasteiger charge is 2.19. The minimum absolute atomic E-state index is 0.0460. The number of carbonyl (C=O) groups excluding carboxylic acids is 1. The van der Waals surface area contributed by atoms with Crippen LogP contribution in [0.3, 0.4) is 0 Å². The number of rotatable bonds is 15. The Morgan fingerprint density at radius 1 is 0.870 bits per heavy atom. The number of aliphatic carboxylic acids is 1. The fourth-order valence-electron chi connectivity index (χ4n) is 2.53. The Morgan fingerprint density at radius 3 is 2.04 bits per heavy atom. The molecule has 0 saturated carbocycles. The predicted molar refractivity (Wildman–Crippen MR) is 90.3 cm³/mol. The van der Waals surface area contributed by atoms with Gasteiger partial charge in [-0.2, -0.15) is 0 Å². The van der Waals surface area contributed by atoms with Crippen molar-refractivity contribution in [3.8, 4) is 0 Å². The molecule has 0 amide bonds. The average Bonchev–Trinajstić information content (AvgIpc) is 2.46. The van der Waals surface area contributed by atoms with Crippen LogP contribution in [-0.4, -0.2) is 34.4 Å². The lowest BCUT2D eigenvalue weighted by molar-refractivity contribution is -0.155. The van der Waals surface area contributed by atoms with Crippen molar-refractivity contribution in [2.45, 2.75) is 103 Å². The number of hydrogen-bond donors (Lipinski definition) is 2. The molecule has 0 aliphatic carbocycles. The number of carbonyl (C=O) groups is 2. The van der Waals surface area contributed by atoms with Gasteiger partial charge in [0.2, 0.25) is 0 Å². The van der Waals surface area contributed by atoms with E-state index < -0.39 is 24.1 Å². The molecule has 0 bridgehead atoms. The molecule has 2 atom stereocenters. The molecule has 0 aliphatic heterocycles. The molecule has 5 nitrogen and oxygen atoms in total. The van der Waals surface area contributed by atoms with Crippen molar-refractivity contribution in [1.29, 1.82) is 0 Å². The Morgan fingerprint density at radius 2 is 1.43 bits per heavy atom. The van der Waals surface area contributed by atoms with Crippen LogP contribution in [0.5, 0.6) is 0 Å². The summed E-state index contributed by atoms with van der Waals surface area (Å²) >= 11 is 0. The molecule has 136 valence electrons. The maximum absolute atomic E-state index is 11.8. The van der Waals surface area contributed by atoms with E-state index in [1.54, 1.807) is 0 Å². The molecule has 23 heavy (non-hydrogen) atoms. The second kappa shape index (κ2) is 14.5. The van der Waals surface area contributed by atoms with Gasteiger partial charge in [0.1, 0.15) is 6.10 Å². The van der Waals surface area contributed by atoms with Crippen LogP contribution in [0.1, 0.15) is 90.9 Å². The molecular weight excluding hydrogens is 296 g/mol. The fourth-order valence-corrected chi connectivity index (χ4v) is 2.53. The van der Waals surface area contributed by atoms with Gasteiger partial charge in [-0.15, -0.1) is 0 Å². The highest BCUT2D eigenvalue weighted by Crippen LogP contribution is 2.14. The summed E-state index contributed by atoms with van der Waals surface area (Å²) in [6, 6.07) is 0. The number of unbranched alkanes of at least 4 members (excludes halogenated alkanes) is 6. The van der Waals surface area contributed by atoms with E-state index in [2.05, 4.69) is 13.8 Å².